The standard InChI is InChI=1S/C26H30O3/c1-4-29-21-10-13-23-19(17-21)9-12-24-22(25(27)14-15-26(23,24)2)11-8-18-6-5-7-20(16-18)28-3/h5-7,10,13,16-17H,4,8-9,11-12,14-15H2,1-3H3/t26-/m0/s1. The highest BCUT2D eigenvalue weighted by Crippen LogP contribution is 2.49. The molecule has 3 nitrogen and oxygen atoms in total. The number of aryl methyl sites for hydroxylation is 2. The van der Waals surface area contributed by atoms with Crippen LogP contribution in [0.15, 0.2) is 53.6 Å². The molecule has 0 radical (unpaired) electrons. The van der Waals surface area contributed by atoms with Gasteiger partial charge in [-0.15, -0.1) is 0 Å². The summed E-state index contributed by atoms with van der Waals surface area (Å²) in [5.74, 6) is 2.17. The third-order valence-electron chi connectivity index (χ3n) is 6.64. The van der Waals surface area contributed by atoms with E-state index in [-0.39, 0.29) is 5.41 Å². The molecule has 0 aliphatic heterocycles. The minimum atomic E-state index is -0.0318. The van der Waals surface area contributed by atoms with Gasteiger partial charge in [0, 0.05) is 11.8 Å². The number of rotatable bonds is 6. The zero-order valence-corrected chi connectivity index (χ0v) is 17.7. The predicted molar refractivity (Wildman–Crippen MR) is 116 cm³/mol. The number of hydrogen-bond acceptors (Lipinski definition) is 3. The lowest BCUT2D eigenvalue weighted by Crippen LogP contribution is -2.36. The minimum absolute atomic E-state index is 0.0318. The van der Waals surface area contributed by atoms with Crippen molar-refractivity contribution >= 4 is 5.78 Å². The minimum Gasteiger partial charge on any atom is -0.497 e. The van der Waals surface area contributed by atoms with Gasteiger partial charge >= 0.3 is 0 Å². The molecule has 29 heavy (non-hydrogen) atoms. The van der Waals surface area contributed by atoms with Gasteiger partial charge in [-0.2, -0.15) is 0 Å². The van der Waals surface area contributed by atoms with E-state index in [0.717, 1.165) is 49.2 Å². The van der Waals surface area contributed by atoms with Crippen molar-refractivity contribution in [3.8, 4) is 11.5 Å². The van der Waals surface area contributed by atoms with Crippen LogP contribution in [0.25, 0.3) is 0 Å². The number of fused-ring (bicyclic) bond motifs is 3. The summed E-state index contributed by atoms with van der Waals surface area (Å²) in [7, 11) is 1.69. The molecule has 0 saturated heterocycles. The summed E-state index contributed by atoms with van der Waals surface area (Å²) in [4.78, 5) is 12.9. The molecule has 0 saturated carbocycles. The van der Waals surface area contributed by atoms with Gasteiger partial charge in [0.1, 0.15) is 11.5 Å². The van der Waals surface area contributed by atoms with E-state index in [1.807, 2.05) is 19.1 Å². The van der Waals surface area contributed by atoms with Crippen molar-refractivity contribution in [3.63, 3.8) is 0 Å². The van der Waals surface area contributed by atoms with E-state index >= 15 is 0 Å². The summed E-state index contributed by atoms with van der Waals surface area (Å²) >= 11 is 0. The number of methoxy groups -OCH3 is 1. The average Bonchev–Trinajstić information content (AvgIpc) is 2.74. The first-order valence-electron chi connectivity index (χ1n) is 10.7. The molecule has 0 amide bonds. The second-order valence-electron chi connectivity index (χ2n) is 8.32. The summed E-state index contributed by atoms with van der Waals surface area (Å²) < 4.78 is 11.1. The Labute approximate surface area is 173 Å². The molecule has 152 valence electrons. The third-order valence-corrected chi connectivity index (χ3v) is 6.64. The molecule has 2 aromatic rings. The molecule has 0 fully saturated rings. The zero-order valence-electron chi connectivity index (χ0n) is 17.7. The van der Waals surface area contributed by atoms with Gasteiger partial charge in [-0.25, -0.2) is 0 Å². The van der Waals surface area contributed by atoms with Gasteiger partial charge in [-0.3, -0.25) is 4.79 Å². The number of Topliss-reactive ketones (excluding diaryl/α,β-unsaturated/α-hetero) is 1. The fraction of sp³-hybridized carbons (Fsp3) is 0.423. The molecule has 0 spiro atoms. The fourth-order valence-electron chi connectivity index (χ4n) is 5.11. The Morgan fingerprint density at radius 1 is 1.00 bits per heavy atom. The Morgan fingerprint density at radius 3 is 2.66 bits per heavy atom. The van der Waals surface area contributed by atoms with Crippen molar-refractivity contribution in [2.24, 2.45) is 0 Å². The third kappa shape index (κ3) is 3.71. The van der Waals surface area contributed by atoms with Gasteiger partial charge in [0.05, 0.1) is 13.7 Å². The van der Waals surface area contributed by atoms with Crippen LogP contribution in [-0.4, -0.2) is 19.5 Å². The monoisotopic (exact) mass is 390 g/mol. The van der Waals surface area contributed by atoms with E-state index in [9.17, 15) is 4.79 Å². The Hall–Kier alpha value is -2.55. The van der Waals surface area contributed by atoms with Gasteiger partial charge < -0.3 is 9.47 Å². The molecule has 0 aromatic heterocycles. The van der Waals surface area contributed by atoms with E-state index in [0.29, 0.717) is 18.8 Å². The number of carbonyl (C=O) groups is 1. The van der Waals surface area contributed by atoms with Crippen molar-refractivity contribution in [3.05, 3.63) is 70.3 Å². The van der Waals surface area contributed by atoms with Crippen molar-refractivity contribution in [1.82, 2.24) is 0 Å². The molecule has 0 bridgehead atoms. The van der Waals surface area contributed by atoms with E-state index in [4.69, 9.17) is 9.47 Å². The molecule has 3 heteroatoms. The first-order valence-corrected chi connectivity index (χ1v) is 10.7. The van der Waals surface area contributed by atoms with E-state index in [2.05, 4.69) is 37.3 Å². The van der Waals surface area contributed by atoms with Crippen molar-refractivity contribution in [1.29, 1.82) is 0 Å². The van der Waals surface area contributed by atoms with Gasteiger partial charge in [0.25, 0.3) is 0 Å². The first-order chi connectivity index (χ1) is 14.0. The number of carbonyl (C=O) groups excluding carboxylic acids is 1. The summed E-state index contributed by atoms with van der Waals surface area (Å²) in [5.41, 5.74) is 6.39. The van der Waals surface area contributed by atoms with Crippen LogP contribution in [0.1, 0.15) is 56.2 Å². The van der Waals surface area contributed by atoms with E-state index in [1.54, 1.807) is 7.11 Å². The summed E-state index contributed by atoms with van der Waals surface area (Å²) in [6, 6.07) is 14.7. The number of ketones is 1. The highest BCUT2D eigenvalue weighted by Gasteiger charge is 2.42. The predicted octanol–water partition coefficient (Wildman–Crippen LogP) is 5.59. The van der Waals surface area contributed by atoms with Crippen LogP contribution >= 0.6 is 0 Å². The molecule has 2 aliphatic rings. The number of allylic oxidation sites excluding steroid dienone is 2. The SMILES string of the molecule is CCOc1ccc2c(c1)CCC1=C(CCc3cccc(OC)c3)C(=O)CC[C@]12C. The van der Waals surface area contributed by atoms with Gasteiger partial charge in [-0.05, 0) is 85.6 Å². The average molecular weight is 391 g/mol. The summed E-state index contributed by atoms with van der Waals surface area (Å²) in [5, 5.41) is 0. The van der Waals surface area contributed by atoms with Crippen LogP contribution in [0, 0.1) is 0 Å². The molecular weight excluding hydrogens is 360 g/mol. The van der Waals surface area contributed by atoms with Crippen LogP contribution in [0.2, 0.25) is 0 Å². The molecule has 0 N–H and O–H groups in total. The Morgan fingerprint density at radius 2 is 1.86 bits per heavy atom. The second kappa shape index (κ2) is 8.06. The molecule has 0 heterocycles. The molecule has 4 rings (SSSR count). The summed E-state index contributed by atoms with van der Waals surface area (Å²) in [6.45, 7) is 5.03. The van der Waals surface area contributed by atoms with E-state index < -0.39 is 0 Å². The number of ether oxygens (including phenoxy) is 2. The molecule has 1 atom stereocenters. The normalized spacial score (nSPS) is 20.9. The highest BCUT2D eigenvalue weighted by atomic mass is 16.5. The van der Waals surface area contributed by atoms with Crippen LogP contribution in [-0.2, 0) is 23.1 Å². The van der Waals surface area contributed by atoms with Crippen LogP contribution < -0.4 is 9.47 Å². The number of benzene rings is 2. The van der Waals surface area contributed by atoms with Crippen molar-refractivity contribution in [2.45, 2.75) is 57.8 Å². The maximum Gasteiger partial charge on any atom is 0.158 e. The first kappa shape index (κ1) is 19.8. The Kier molecular flexibility index (Phi) is 5.49. The summed E-state index contributed by atoms with van der Waals surface area (Å²) in [6.07, 6.45) is 5.18. The molecule has 0 unspecified atom stereocenters. The van der Waals surface area contributed by atoms with Gasteiger partial charge in [0.2, 0.25) is 0 Å². The quantitative estimate of drug-likeness (QED) is 0.645. The maximum atomic E-state index is 12.9. The largest absolute Gasteiger partial charge is 0.497 e. The lowest BCUT2D eigenvalue weighted by molar-refractivity contribution is -0.116. The van der Waals surface area contributed by atoms with Crippen LogP contribution in [0.4, 0.5) is 0 Å². The topological polar surface area (TPSA) is 35.5 Å². The van der Waals surface area contributed by atoms with Gasteiger partial charge in [0.15, 0.2) is 5.78 Å². The lowest BCUT2D eigenvalue weighted by Gasteiger charge is -2.43. The van der Waals surface area contributed by atoms with E-state index in [1.165, 1.54) is 22.3 Å². The van der Waals surface area contributed by atoms with Crippen molar-refractivity contribution in [2.75, 3.05) is 13.7 Å². The Balaban J connectivity index is 1.65. The molecule has 2 aliphatic carbocycles. The maximum absolute atomic E-state index is 12.9. The van der Waals surface area contributed by atoms with Gasteiger partial charge in [-0.1, -0.05) is 30.7 Å². The smallest absolute Gasteiger partial charge is 0.158 e. The number of hydrogen-bond donors (Lipinski definition) is 0. The molecular formula is C26H30O3. The molecule has 2 aromatic carbocycles. The lowest BCUT2D eigenvalue weighted by atomic mass is 9.60. The Bertz CT molecular complexity index is 956. The van der Waals surface area contributed by atoms with Crippen LogP contribution in [0.5, 0.6) is 11.5 Å². The fourth-order valence-corrected chi connectivity index (χ4v) is 5.11. The zero-order chi connectivity index (χ0) is 20.4. The van der Waals surface area contributed by atoms with Crippen LogP contribution in [0.3, 0.4) is 0 Å². The highest BCUT2D eigenvalue weighted by molar-refractivity contribution is 5.98. The second-order valence-corrected chi connectivity index (χ2v) is 8.32. The van der Waals surface area contributed by atoms with Crippen molar-refractivity contribution < 1.29 is 14.3 Å².